The van der Waals surface area contributed by atoms with Crippen molar-refractivity contribution in [1.29, 1.82) is 0 Å². The van der Waals surface area contributed by atoms with Crippen molar-refractivity contribution in [2.24, 2.45) is 12.8 Å². The zero-order chi connectivity index (χ0) is 13.3. The number of hydrogen-bond acceptors (Lipinski definition) is 4. The first kappa shape index (κ1) is 12.2. The molecule has 2 aromatic heterocycles. The summed E-state index contributed by atoms with van der Waals surface area (Å²) in [7, 11) is 1.77. The first-order valence-corrected chi connectivity index (χ1v) is 5.54. The lowest BCUT2D eigenvalue weighted by molar-refractivity contribution is 0.102. The van der Waals surface area contributed by atoms with Gasteiger partial charge in [0.1, 0.15) is 10.8 Å². The van der Waals surface area contributed by atoms with E-state index >= 15 is 0 Å². The molecule has 0 fully saturated rings. The SMILES string of the molecule is Cc1c(C(=O)Nc2[nH]ncc2C(N)=S)cnn1C. The Hall–Kier alpha value is -2.22. The Morgan fingerprint density at radius 2 is 2.22 bits per heavy atom. The Balaban J connectivity index is 2.24. The molecule has 2 aromatic rings. The third-order valence-electron chi connectivity index (χ3n) is 2.62. The second-order valence-electron chi connectivity index (χ2n) is 3.74. The van der Waals surface area contributed by atoms with E-state index in [1.165, 1.54) is 12.4 Å². The molecule has 0 unspecified atom stereocenters. The van der Waals surface area contributed by atoms with Crippen LogP contribution < -0.4 is 11.1 Å². The van der Waals surface area contributed by atoms with E-state index in [0.29, 0.717) is 16.9 Å². The summed E-state index contributed by atoms with van der Waals surface area (Å²) < 4.78 is 1.62. The number of nitrogens with one attached hydrogen (secondary N) is 2. The molecule has 0 saturated carbocycles. The van der Waals surface area contributed by atoms with Gasteiger partial charge in [0.15, 0.2) is 0 Å². The Morgan fingerprint density at radius 1 is 1.50 bits per heavy atom. The summed E-state index contributed by atoms with van der Waals surface area (Å²) in [5.74, 6) is 0.0955. The van der Waals surface area contributed by atoms with Crippen molar-refractivity contribution in [3.8, 4) is 0 Å². The van der Waals surface area contributed by atoms with Crippen molar-refractivity contribution >= 4 is 28.9 Å². The van der Waals surface area contributed by atoms with Crippen molar-refractivity contribution < 1.29 is 4.79 Å². The number of anilines is 1. The molecule has 0 atom stereocenters. The van der Waals surface area contributed by atoms with Crippen LogP contribution in [0.2, 0.25) is 0 Å². The highest BCUT2D eigenvalue weighted by Crippen LogP contribution is 2.13. The minimum absolute atomic E-state index is 0.168. The highest BCUT2D eigenvalue weighted by Gasteiger charge is 2.16. The second-order valence-corrected chi connectivity index (χ2v) is 4.18. The number of nitrogens with zero attached hydrogens (tertiary/aromatic N) is 3. The molecule has 0 bridgehead atoms. The standard InChI is InChI=1S/C10H12N6OS/c1-5-6(4-13-16(5)2)10(17)14-9-7(8(11)18)3-12-15-9/h3-4H,1-2H3,(H2,11,18)(H2,12,14,15,17). The fourth-order valence-electron chi connectivity index (χ4n) is 1.47. The molecule has 1 amide bonds. The molecule has 8 heteroatoms. The molecule has 4 N–H and O–H groups in total. The molecular weight excluding hydrogens is 252 g/mol. The van der Waals surface area contributed by atoms with E-state index in [2.05, 4.69) is 20.6 Å². The van der Waals surface area contributed by atoms with Crippen LogP contribution in [0.1, 0.15) is 21.6 Å². The lowest BCUT2D eigenvalue weighted by Gasteiger charge is -2.04. The molecule has 0 radical (unpaired) electrons. The second kappa shape index (κ2) is 4.57. The summed E-state index contributed by atoms with van der Waals surface area (Å²) >= 11 is 4.85. The third kappa shape index (κ3) is 2.09. The van der Waals surface area contributed by atoms with Crippen LogP contribution in [0.15, 0.2) is 12.4 Å². The van der Waals surface area contributed by atoms with Gasteiger partial charge in [-0.1, -0.05) is 12.2 Å². The molecule has 0 spiro atoms. The van der Waals surface area contributed by atoms with Crippen molar-refractivity contribution in [1.82, 2.24) is 20.0 Å². The van der Waals surface area contributed by atoms with Gasteiger partial charge >= 0.3 is 0 Å². The number of rotatable bonds is 3. The van der Waals surface area contributed by atoms with Gasteiger partial charge in [0.25, 0.3) is 5.91 Å². The zero-order valence-electron chi connectivity index (χ0n) is 9.89. The number of hydrogen-bond donors (Lipinski definition) is 3. The maximum atomic E-state index is 12.0. The smallest absolute Gasteiger partial charge is 0.260 e. The van der Waals surface area contributed by atoms with E-state index in [9.17, 15) is 4.79 Å². The van der Waals surface area contributed by atoms with Crippen LogP contribution in [0.3, 0.4) is 0 Å². The molecule has 0 aliphatic heterocycles. The molecule has 7 nitrogen and oxygen atoms in total. The van der Waals surface area contributed by atoms with E-state index in [4.69, 9.17) is 18.0 Å². The first-order valence-electron chi connectivity index (χ1n) is 5.14. The number of aromatic amines is 1. The maximum Gasteiger partial charge on any atom is 0.260 e. The number of aromatic nitrogens is 4. The van der Waals surface area contributed by atoms with Crippen LogP contribution >= 0.6 is 12.2 Å². The van der Waals surface area contributed by atoms with Gasteiger partial charge in [0.2, 0.25) is 0 Å². The molecule has 18 heavy (non-hydrogen) atoms. The van der Waals surface area contributed by atoms with Gasteiger partial charge in [-0.3, -0.25) is 14.6 Å². The first-order chi connectivity index (χ1) is 8.50. The summed E-state index contributed by atoms with van der Waals surface area (Å²) in [5, 5.41) is 13.1. The van der Waals surface area contributed by atoms with Gasteiger partial charge in [-0.05, 0) is 6.92 Å². The number of aryl methyl sites for hydroxylation is 1. The molecule has 2 heterocycles. The quantitative estimate of drug-likeness (QED) is 0.694. The van der Waals surface area contributed by atoms with Gasteiger partial charge in [-0.15, -0.1) is 0 Å². The maximum absolute atomic E-state index is 12.0. The van der Waals surface area contributed by atoms with Gasteiger partial charge in [0, 0.05) is 12.7 Å². The summed E-state index contributed by atoms with van der Waals surface area (Å²) in [6, 6.07) is 0. The highest BCUT2D eigenvalue weighted by molar-refractivity contribution is 7.80. The van der Waals surface area contributed by atoms with E-state index in [1.54, 1.807) is 11.7 Å². The number of thiocarbonyl (C=S) groups is 1. The lowest BCUT2D eigenvalue weighted by atomic mass is 10.2. The van der Waals surface area contributed by atoms with Crippen molar-refractivity contribution in [2.45, 2.75) is 6.92 Å². The van der Waals surface area contributed by atoms with Crippen LogP contribution in [0.5, 0.6) is 0 Å². The molecule has 2 rings (SSSR count). The van der Waals surface area contributed by atoms with Crippen LogP contribution in [-0.4, -0.2) is 30.9 Å². The normalized spacial score (nSPS) is 10.3. The predicted octanol–water partition coefficient (Wildman–Crippen LogP) is 0.338. The van der Waals surface area contributed by atoms with Crippen LogP contribution in [0.4, 0.5) is 5.82 Å². The monoisotopic (exact) mass is 264 g/mol. The van der Waals surface area contributed by atoms with E-state index < -0.39 is 0 Å². The molecule has 0 aromatic carbocycles. The van der Waals surface area contributed by atoms with E-state index in [0.717, 1.165) is 5.69 Å². The fraction of sp³-hybridized carbons (Fsp3) is 0.200. The van der Waals surface area contributed by atoms with Gasteiger partial charge in [-0.25, -0.2) is 0 Å². The number of carbonyl (C=O) groups excluding carboxylic acids is 1. The number of H-pyrrole nitrogens is 1. The number of nitrogens with two attached hydrogens (primary N) is 1. The van der Waals surface area contributed by atoms with Gasteiger partial charge in [0.05, 0.1) is 23.5 Å². The number of amides is 1. The molecule has 94 valence electrons. The Bertz CT molecular complexity index is 614. The van der Waals surface area contributed by atoms with Gasteiger partial charge in [-0.2, -0.15) is 10.2 Å². The summed E-state index contributed by atoms with van der Waals surface area (Å²) in [6.07, 6.45) is 2.97. The Morgan fingerprint density at radius 3 is 2.78 bits per heavy atom. The zero-order valence-corrected chi connectivity index (χ0v) is 10.7. The average Bonchev–Trinajstić information content (AvgIpc) is 2.88. The topological polar surface area (TPSA) is 102 Å². The van der Waals surface area contributed by atoms with Crippen LogP contribution in [0.25, 0.3) is 0 Å². The summed E-state index contributed by atoms with van der Waals surface area (Å²) in [5.41, 5.74) is 7.27. The average molecular weight is 264 g/mol. The molecular formula is C10H12N6OS. The fourth-order valence-corrected chi connectivity index (χ4v) is 1.63. The lowest BCUT2D eigenvalue weighted by Crippen LogP contribution is -2.17. The Labute approximate surface area is 108 Å². The minimum atomic E-state index is -0.289. The third-order valence-corrected chi connectivity index (χ3v) is 2.84. The molecule has 0 aliphatic carbocycles. The predicted molar refractivity (Wildman–Crippen MR) is 70.4 cm³/mol. The van der Waals surface area contributed by atoms with Crippen molar-refractivity contribution in [3.05, 3.63) is 29.2 Å². The Kier molecular flexibility index (Phi) is 3.11. The summed E-state index contributed by atoms with van der Waals surface area (Å²) in [6.45, 7) is 1.81. The molecule has 0 aliphatic rings. The number of carbonyl (C=O) groups is 1. The summed E-state index contributed by atoms with van der Waals surface area (Å²) in [4.78, 5) is 12.2. The largest absolute Gasteiger partial charge is 0.389 e. The minimum Gasteiger partial charge on any atom is -0.389 e. The van der Waals surface area contributed by atoms with Crippen LogP contribution in [-0.2, 0) is 7.05 Å². The van der Waals surface area contributed by atoms with Crippen LogP contribution in [0, 0.1) is 6.92 Å². The van der Waals surface area contributed by atoms with E-state index in [-0.39, 0.29) is 10.9 Å². The van der Waals surface area contributed by atoms with Crippen molar-refractivity contribution in [2.75, 3.05) is 5.32 Å². The van der Waals surface area contributed by atoms with E-state index in [1.807, 2.05) is 6.92 Å². The van der Waals surface area contributed by atoms with Crippen molar-refractivity contribution in [3.63, 3.8) is 0 Å². The van der Waals surface area contributed by atoms with Gasteiger partial charge < -0.3 is 11.1 Å². The molecule has 0 saturated heterocycles. The highest BCUT2D eigenvalue weighted by atomic mass is 32.1.